The van der Waals surface area contributed by atoms with Crippen molar-refractivity contribution in [3.05, 3.63) is 70.5 Å². The van der Waals surface area contributed by atoms with E-state index < -0.39 is 0 Å². The number of para-hydroxylation sites is 1. The van der Waals surface area contributed by atoms with Crippen molar-refractivity contribution in [3.63, 3.8) is 0 Å². The van der Waals surface area contributed by atoms with Gasteiger partial charge in [0.05, 0.1) is 0 Å². The maximum Gasteiger partial charge on any atom is 0.256 e. The summed E-state index contributed by atoms with van der Waals surface area (Å²) in [6, 6.07) is 18.1. The summed E-state index contributed by atoms with van der Waals surface area (Å²) < 4.78 is 0. The van der Waals surface area contributed by atoms with Crippen molar-refractivity contribution in [2.24, 2.45) is 0 Å². The van der Waals surface area contributed by atoms with E-state index in [4.69, 9.17) is 0 Å². The highest BCUT2D eigenvalue weighted by Crippen LogP contribution is 2.25. The fraction of sp³-hybridized carbons (Fsp3) is 0.211. The number of hydrogen-bond acceptors (Lipinski definition) is 1. The van der Waals surface area contributed by atoms with Crippen LogP contribution >= 0.6 is 0 Å². The number of aromatic nitrogens is 1. The molecule has 1 aromatic heterocycles. The molecule has 0 bridgehead atoms. The molecule has 0 atom stereocenters. The molecular formula is C19H19NO. The molecule has 0 amide bonds. The van der Waals surface area contributed by atoms with Gasteiger partial charge < -0.3 is 4.98 Å². The van der Waals surface area contributed by atoms with E-state index in [2.05, 4.69) is 37.9 Å². The first kappa shape index (κ1) is 13.6. The van der Waals surface area contributed by atoms with Crippen LogP contribution in [0.5, 0.6) is 0 Å². The lowest BCUT2D eigenvalue weighted by Crippen LogP contribution is -2.11. The molecule has 0 fully saturated rings. The Morgan fingerprint density at radius 3 is 2.24 bits per heavy atom. The minimum absolute atomic E-state index is 0.0443. The zero-order valence-electron chi connectivity index (χ0n) is 12.6. The molecule has 3 rings (SSSR count). The Labute approximate surface area is 124 Å². The predicted octanol–water partition coefficient (Wildman–Crippen LogP) is 4.49. The van der Waals surface area contributed by atoms with Crippen LogP contribution in [0.15, 0.2) is 59.4 Å². The molecule has 0 unspecified atom stereocenters. The number of hydrogen-bond donors (Lipinski definition) is 1. The molecule has 0 saturated heterocycles. The van der Waals surface area contributed by atoms with Crippen LogP contribution in [0.2, 0.25) is 0 Å². The number of benzene rings is 2. The average molecular weight is 277 g/mol. The number of fused-ring (bicyclic) bond motifs is 1. The summed E-state index contributed by atoms with van der Waals surface area (Å²) in [5, 5.41) is 1.05. The summed E-state index contributed by atoms with van der Waals surface area (Å²) in [4.78, 5) is 15.2. The highest BCUT2D eigenvalue weighted by Gasteiger charge is 2.13. The van der Waals surface area contributed by atoms with Crippen LogP contribution in [0.3, 0.4) is 0 Å². The third-order valence-corrected chi connectivity index (χ3v) is 3.82. The fourth-order valence-electron chi connectivity index (χ4n) is 2.51. The molecule has 0 aliphatic rings. The van der Waals surface area contributed by atoms with Gasteiger partial charge in [-0.25, -0.2) is 0 Å². The van der Waals surface area contributed by atoms with E-state index in [0.29, 0.717) is 5.56 Å². The van der Waals surface area contributed by atoms with Crippen LogP contribution in [0.1, 0.15) is 26.3 Å². The Bertz CT molecular complexity index is 836. The molecule has 2 nitrogen and oxygen atoms in total. The molecule has 0 radical (unpaired) electrons. The summed E-state index contributed by atoms with van der Waals surface area (Å²) in [5.74, 6) is 0. The summed E-state index contributed by atoms with van der Waals surface area (Å²) in [7, 11) is 0. The number of nitrogens with one attached hydrogen (secondary N) is 1. The van der Waals surface area contributed by atoms with Crippen molar-refractivity contribution < 1.29 is 0 Å². The highest BCUT2D eigenvalue weighted by atomic mass is 16.1. The molecule has 0 spiro atoms. The van der Waals surface area contributed by atoms with E-state index in [1.54, 1.807) is 0 Å². The number of rotatable bonds is 1. The second-order valence-corrected chi connectivity index (χ2v) is 6.43. The van der Waals surface area contributed by atoms with Gasteiger partial charge in [0, 0.05) is 11.1 Å². The van der Waals surface area contributed by atoms with Gasteiger partial charge >= 0.3 is 0 Å². The van der Waals surface area contributed by atoms with Crippen LogP contribution in [-0.4, -0.2) is 4.98 Å². The van der Waals surface area contributed by atoms with Gasteiger partial charge in [-0.1, -0.05) is 63.2 Å². The quantitative estimate of drug-likeness (QED) is 0.698. The zero-order chi connectivity index (χ0) is 15.0. The summed E-state index contributed by atoms with van der Waals surface area (Å²) >= 11 is 0. The fourth-order valence-corrected chi connectivity index (χ4v) is 2.51. The summed E-state index contributed by atoms with van der Waals surface area (Å²) in [5.41, 5.74) is 3.89. The Morgan fingerprint density at radius 1 is 0.905 bits per heavy atom. The van der Waals surface area contributed by atoms with Gasteiger partial charge in [0.25, 0.3) is 5.56 Å². The Hall–Kier alpha value is -2.35. The number of H-pyrrole nitrogens is 1. The largest absolute Gasteiger partial charge is 0.321 e. The van der Waals surface area contributed by atoms with Crippen molar-refractivity contribution in [1.82, 2.24) is 4.98 Å². The Morgan fingerprint density at radius 2 is 1.57 bits per heavy atom. The molecule has 1 N–H and O–H groups in total. The lowest BCUT2D eigenvalue weighted by atomic mass is 9.86. The molecule has 2 heteroatoms. The van der Waals surface area contributed by atoms with E-state index in [-0.39, 0.29) is 11.0 Å². The van der Waals surface area contributed by atoms with Gasteiger partial charge in [-0.3, -0.25) is 4.79 Å². The number of pyridine rings is 1. The molecule has 21 heavy (non-hydrogen) atoms. The van der Waals surface area contributed by atoms with Crippen molar-refractivity contribution in [1.29, 1.82) is 0 Å². The van der Waals surface area contributed by atoms with Gasteiger partial charge in [0.15, 0.2) is 0 Å². The third kappa shape index (κ3) is 2.62. The smallest absolute Gasteiger partial charge is 0.256 e. The van der Waals surface area contributed by atoms with Crippen molar-refractivity contribution >= 4 is 10.9 Å². The number of aromatic amines is 1. The van der Waals surface area contributed by atoms with Gasteiger partial charge in [-0.05, 0) is 34.1 Å². The van der Waals surface area contributed by atoms with E-state index in [1.807, 2.05) is 42.5 Å². The van der Waals surface area contributed by atoms with E-state index in [1.165, 1.54) is 5.56 Å². The SMILES string of the molecule is CC(C)(C)c1ccc(-c2cc3ccccc3[nH]c2=O)cc1. The standard InChI is InChI=1S/C19H19NO/c1-19(2,3)15-10-8-13(9-11-15)16-12-14-6-4-5-7-17(14)20-18(16)21/h4-12H,1-3H3,(H,20,21). The van der Waals surface area contributed by atoms with Gasteiger partial charge in [-0.15, -0.1) is 0 Å². The van der Waals surface area contributed by atoms with E-state index in [9.17, 15) is 4.79 Å². The predicted molar refractivity (Wildman–Crippen MR) is 88.7 cm³/mol. The molecule has 0 aliphatic heterocycles. The van der Waals surface area contributed by atoms with Crippen LogP contribution < -0.4 is 5.56 Å². The first-order valence-corrected chi connectivity index (χ1v) is 7.18. The van der Waals surface area contributed by atoms with Crippen molar-refractivity contribution in [2.75, 3.05) is 0 Å². The molecular weight excluding hydrogens is 258 g/mol. The first-order chi connectivity index (χ1) is 9.95. The molecule has 0 aliphatic carbocycles. The monoisotopic (exact) mass is 277 g/mol. The first-order valence-electron chi connectivity index (χ1n) is 7.18. The Balaban J connectivity index is 2.12. The second-order valence-electron chi connectivity index (χ2n) is 6.43. The van der Waals surface area contributed by atoms with Gasteiger partial charge in [0.1, 0.15) is 0 Å². The normalized spacial score (nSPS) is 11.8. The maximum absolute atomic E-state index is 12.3. The highest BCUT2D eigenvalue weighted by molar-refractivity contribution is 5.83. The van der Waals surface area contributed by atoms with Gasteiger partial charge in [-0.2, -0.15) is 0 Å². The van der Waals surface area contributed by atoms with E-state index >= 15 is 0 Å². The molecule has 1 heterocycles. The maximum atomic E-state index is 12.3. The Kier molecular flexibility index (Phi) is 3.17. The average Bonchev–Trinajstić information content (AvgIpc) is 2.46. The van der Waals surface area contributed by atoms with Crippen LogP contribution in [0.4, 0.5) is 0 Å². The summed E-state index contributed by atoms with van der Waals surface area (Å²) in [6.45, 7) is 6.56. The second kappa shape index (κ2) is 4.88. The lowest BCUT2D eigenvalue weighted by Gasteiger charge is -2.19. The topological polar surface area (TPSA) is 32.9 Å². The zero-order valence-corrected chi connectivity index (χ0v) is 12.6. The third-order valence-electron chi connectivity index (χ3n) is 3.82. The minimum atomic E-state index is -0.0443. The van der Waals surface area contributed by atoms with E-state index in [0.717, 1.165) is 16.5 Å². The van der Waals surface area contributed by atoms with Crippen LogP contribution in [0, 0.1) is 0 Å². The molecule has 3 aromatic rings. The van der Waals surface area contributed by atoms with Crippen LogP contribution in [0.25, 0.3) is 22.0 Å². The van der Waals surface area contributed by atoms with Gasteiger partial charge in [0.2, 0.25) is 0 Å². The van der Waals surface area contributed by atoms with Crippen molar-refractivity contribution in [2.45, 2.75) is 26.2 Å². The molecule has 2 aromatic carbocycles. The minimum Gasteiger partial charge on any atom is -0.321 e. The van der Waals surface area contributed by atoms with Crippen molar-refractivity contribution in [3.8, 4) is 11.1 Å². The van der Waals surface area contributed by atoms with Crippen LogP contribution in [-0.2, 0) is 5.41 Å². The summed E-state index contributed by atoms with van der Waals surface area (Å²) in [6.07, 6.45) is 0. The molecule has 106 valence electrons. The lowest BCUT2D eigenvalue weighted by molar-refractivity contribution is 0.590. The molecule has 0 saturated carbocycles.